The first kappa shape index (κ1) is 18.7. The molecule has 0 spiro atoms. The molecule has 0 heterocycles. The predicted molar refractivity (Wildman–Crippen MR) is 86.1 cm³/mol. The molecule has 3 unspecified atom stereocenters. The van der Waals surface area contributed by atoms with Crippen LogP contribution in [0.4, 0.5) is 0 Å². The van der Waals surface area contributed by atoms with E-state index in [4.69, 9.17) is 9.47 Å². The van der Waals surface area contributed by atoms with E-state index in [0.29, 0.717) is 19.6 Å². The molecule has 0 radical (unpaired) electrons. The molecule has 0 aromatic heterocycles. The third-order valence-corrected chi connectivity index (χ3v) is 3.78. The van der Waals surface area contributed by atoms with Crippen molar-refractivity contribution >= 4 is 11.9 Å². The molecule has 22 heavy (non-hydrogen) atoms. The Kier molecular flexibility index (Phi) is 7.11. The first-order valence-corrected chi connectivity index (χ1v) is 8.22. The van der Waals surface area contributed by atoms with E-state index < -0.39 is 11.8 Å². The summed E-state index contributed by atoms with van der Waals surface area (Å²) in [6.07, 6.45) is 2.64. The van der Waals surface area contributed by atoms with Crippen molar-refractivity contribution in [2.24, 2.45) is 29.6 Å². The standard InChI is InChI=1S/C18H30O4/c1-11(2)9-21-17(19)15-8-13(5)7-14(6)16(15)18(20)22-10-12(3)4/h7,11-12,14-16H,8-10H2,1-6H3. The highest BCUT2D eigenvalue weighted by atomic mass is 16.5. The minimum atomic E-state index is -0.442. The van der Waals surface area contributed by atoms with Gasteiger partial charge in [-0.15, -0.1) is 0 Å². The molecule has 0 fully saturated rings. The molecule has 0 aliphatic heterocycles. The monoisotopic (exact) mass is 310 g/mol. The zero-order valence-electron chi connectivity index (χ0n) is 14.7. The second-order valence-corrected chi connectivity index (χ2v) is 7.26. The van der Waals surface area contributed by atoms with Crippen molar-refractivity contribution in [3.63, 3.8) is 0 Å². The topological polar surface area (TPSA) is 52.6 Å². The molecule has 1 rings (SSSR count). The largest absolute Gasteiger partial charge is 0.465 e. The number of allylic oxidation sites excluding steroid dienone is 2. The minimum absolute atomic E-state index is 0.00925. The summed E-state index contributed by atoms with van der Waals surface area (Å²) in [5.74, 6) is -0.874. The van der Waals surface area contributed by atoms with E-state index in [9.17, 15) is 9.59 Å². The number of carbonyl (C=O) groups excluding carboxylic acids is 2. The van der Waals surface area contributed by atoms with Crippen molar-refractivity contribution in [3.8, 4) is 0 Å². The molecule has 126 valence electrons. The van der Waals surface area contributed by atoms with Gasteiger partial charge < -0.3 is 9.47 Å². The van der Waals surface area contributed by atoms with Crippen LogP contribution in [-0.2, 0) is 19.1 Å². The average Bonchev–Trinajstić information content (AvgIpc) is 2.41. The highest BCUT2D eigenvalue weighted by Gasteiger charge is 2.41. The van der Waals surface area contributed by atoms with E-state index >= 15 is 0 Å². The third-order valence-electron chi connectivity index (χ3n) is 3.78. The zero-order chi connectivity index (χ0) is 16.9. The Labute approximate surface area is 134 Å². The van der Waals surface area contributed by atoms with Crippen LogP contribution in [0.2, 0.25) is 0 Å². The number of esters is 2. The molecule has 0 saturated heterocycles. The Morgan fingerprint density at radius 1 is 1.09 bits per heavy atom. The molecule has 0 amide bonds. The van der Waals surface area contributed by atoms with Gasteiger partial charge in [-0.1, -0.05) is 46.3 Å². The van der Waals surface area contributed by atoms with Gasteiger partial charge >= 0.3 is 11.9 Å². The van der Waals surface area contributed by atoms with E-state index in [1.165, 1.54) is 0 Å². The van der Waals surface area contributed by atoms with Gasteiger partial charge in [0.2, 0.25) is 0 Å². The molecule has 1 aliphatic carbocycles. The van der Waals surface area contributed by atoms with Gasteiger partial charge in [0.05, 0.1) is 25.0 Å². The van der Waals surface area contributed by atoms with E-state index in [1.54, 1.807) is 0 Å². The van der Waals surface area contributed by atoms with Crippen molar-refractivity contribution in [3.05, 3.63) is 11.6 Å². The fourth-order valence-corrected chi connectivity index (χ4v) is 2.77. The molecule has 4 heteroatoms. The maximum absolute atomic E-state index is 12.4. The molecule has 4 nitrogen and oxygen atoms in total. The smallest absolute Gasteiger partial charge is 0.310 e. The van der Waals surface area contributed by atoms with Crippen molar-refractivity contribution < 1.29 is 19.1 Å². The quantitative estimate of drug-likeness (QED) is 0.555. The van der Waals surface area contributed by atoms with Crippen LogP contribution in [0.1, 0.15) is 48.0 Å². The molecule has 1 aliphatic rings. The Morgan fingerprint density at radius 3 is 2.09 bits per heavy atom. The third kappa shape index (κ3) is 5.47. The molecule has 0 bridgehead atoms. The van der Waals surface area contributed by atoms with Gasteiger partial charge in [0.1, 0.15) is 0 Å². The molecule has 3 atom stereocenters. The first-order chi connectivity index (χ1) is 10.2. The van der Waals surface area contributed by atoms with Crippen molar-refractivity contribution in [2.75, 3.05) is 13.2 Å². The fraction of sp³-hybridized carbons (Fsp3) is 0.778. The normalized spacial score (nSPS) is 25.1. The van der Waals surface area contributed by atoms with Crippen LogP contribution in [0.3, 0.4) is 0 Å². The van der Waals surface area contributed by atoms with Gasteiger partial charge in [0.15, 0.2) is 0 Å². The van der Waals surface area contributed by atoms with Crippen LogP contribution >= 0.6 is 0 Å². The number of hydrogen-bond donors (Lipinski definition) is 0. The summed E-state index contributed by atoms with van der Waals surface area (Å²) in [5, 5.41) is 0. The lowest BCUT2D eigenvalue weighted by Crippen LogP contribution is -2.39. The lowest BCUT2D eigenvalue weighted by atomic mass is 9.74. The Hall–Kier alpha value is -1.32. The second-order valence-electron chi connectivity index (χ2n) is 7.26. The first-order valence-electron chi connectivity index (χ1n) is 8.22. The summed E-state index contributed by atoms with van der Waals surface area (Å²) in [5.41, 5.74) is 1.13. The summed E-state index contributed by atoms with van der Waals surface area (Å²) in [6, 6.07) is 0. The minimum Gasteiger partial charge on any atom is -0.465 e. The van der Waals surface area contributed by atoms with E-state index in [0.717, 1.165) is 5.57 Å². The Balaban J connectivity index is 2.83. The fourth-order valence-electron chi connectivity index (χ4n) is 2.77. The van der Waals surface area contributed by atoms with Crippen LogP contribution in [0.25, 0.3) is 0 Å². The van der Waals surface area contributed by atoms with Crippen LogP contribution in [0.5, 0.6) is 0 Å². The van der Waals surface area contributed by atoms with E-state index in [-0.39, 0.29) is 29.7 Å². The number of hydrogen-bond acceptors (Lipinski definition) is 4. The molecule has 0 aromatic carbocycles. The molecule has 0 aromatic rings. The van der Waals surface area contributed by atoms with Gasteiger partial charge in [-0.3, -0.25) is 9.59 Å². The number of rotatable bonds is 6. The van der Waals surface area contributed by atoms with Gasteiger partial charge in [-0.05, 0) is 31.1 Å². The van der Waals surface area contributed by atoms with Crippen molar-refractivity contribution in [1.29, 1.82) is 0 Å². The van der Waals surface area contributed by atoms with Crippen molar-refractivity contribution in [1.82, 2.24) is 0 Å². The highest BCUT2D eigenvalue weighted by molar-refractivity contribution is 5.83. The zero-order valence-corrected chi connectivity index (χ0v) is 14.7. The van der Waals surface area contributed by atoms with E-state index in [1.807, 2.05) is 41.5 Å². The maximum Gasteiger partial charge on any atom is 0.310 e. The summed E-state index contributed by atoms with van der Waals surface area (Å²) in [4.78, 5) is 24.8. The highest BCUT2D eigenvalue weighted by Crippen LogP contribution is 2.35. The van der Waals surface area contributed by atoms with Crippen LogP contribution < -0.4 is 0 Å². The number of ether oxygens (including phenoxy) is 2. The van der Waals surface area contributed by atoms with Crippen LogP contribution in [-0.4, -0.2) is 25.2 Å². The van der Waals surface area contributed by atoms with Gasteiger partial charge in [0, 0.05) is 0 Å². The lowest BCUT2D eigenvalue weighted by Gasteiger charge is -2.32. The summed E-state index contributed by atoms with van der Waals surface area (Å²) >= 11 is 0. The summed E-state index contributed by atoms with van der Waals surface area (Å²) in [7, 11) is 0. The second kappa shape index (κ2) is 8.35. The molecule has 0 saturated carbocycles. The predicted octanol–water partition coefficient (Wildman–Crippen LogP) is 3.60. The van der Waals surface area contributed by atoms with E-state index in [2.05, 4.69) is 6.08 Å². The summed E-state index contributed by atoms with van der Waals surface area (Å²) in [6.45, 7) is 12.7. The summed E-state index contributed by atoms with van der Waals surface area (Å²) < 4.78 is 10.8. The molecular weight excluding hydrogens is 280 g/mol. The average molecular weight is 310 g/mol. The van der Waals surface area contributed by atoms with Crippen molar-refractivity contribution in [2.45, 2.75) is 48.0 Å². The Morgan fingerprint density at radius 2 is 1.59 bits per heavy atom. The van der Waals surface area contributed by atoms with Gasteiger partial charge in [-0.2, -0.15) is 0 Å². The van der Waals surface area contributed by atoms with Gasteiger partial charge in [-0.25, -0.2) is 0 Å². The maximum atomic E-state index is 12.4. The van der Waals surface area contributed by atoms with Crippen LogP contribution in [0, 0.1) is 29.6 Å². The molecular formula is C18H30O4. The van der Waals surface area contributed by atoms with Gasteiger partial charge in [0.25, 0.3) is 0 Å². The number of carbonyl (C=O) groups is 2. The Bertz CT molecular complexity index is 423. The SMILES string of the molecule is CC1=CC(C)C(C(=O)OCC(C)C)C(C(=O)OCC(C)C)C1. The lowest BCUT2D eigenvalue weighted by molar-refractivity contribution is -0.164. The molecule has 0 N–H and O–H groups in total. The van der Waals surface area contributed by atoms with Crippen LogP contribution in [0.15, 0.2) is 11.6 Å².